The van der Waals surface area contributed by atoms with Gasteiger partial charge in [-0.05, 0) is 41.5 Å². The van der Waals surface area contributed by atoms with E-state index in [1.54, 1.807) is 18.2 Å². The highest BCUT2D eigenvalue weighted by Crippen LogP contribution is 2.31. The highest BCUT2D eigenvalue weighted by atomic mass is 35.5. The molecule has 0 fully saturated rings. The normalized spacial score (nSPS) is 13.2. The van der Waals surface area contributed by atoms with Crippen LogP contribution in [0.25, 0.3) is 0 Å². The minimum Gasteiger partial charge on any atom is -0.388 e. The van der Waals surface area contributed by atoms with Crippen molar-refractivity contribution in [2.24, 2.45) is 0 Å². The second-order valence-corrected chi connectivity index (χ2v) is 5.42. The molecule has 0 spiro atoms. The number of halogens is 5. The van der Waals surface area contributed by atoms with Gasteiger partial charge < -0.3 is 5.11 Å². The van der Waals surface area contributed by atoms with Gasteiger partial charge in [-0.1, -0.05) is 35.3 Å². The summed E-state index contributed by atoms with van der Waals surface area (Å²) in [5, 5.41) is 11.0. The maximum Gasteiger partial charge on any atom is 0.416 e. The number of alkyl halides is 3. The molecule has 1 atom stereocenters. The number of aliphatic hydroxyl groups is 1. The van der Waals surface area contributed by atoms with E-state index in [9.17, 15) is 18.3 Å². The molecule has 2 rings (SSSR count). The number of benzene rings is 2. The summed E-state index contributed by atoms with van der Waals surface area (Å²) in [6.45, 7) is 0. The Kier molecular flexibility index (Phi) is 4.81. The summed E-state index contributed by atoms with van der Waals surface area (Å²) in [6.07, 6.45) is -5.17. The Morgan fingerprint density at radius 2 is 1.62 bits per heavy atom. The summed E-state index contributed by atoms with van der Waals surface area (Å²) in [6, 6.07) is 9.25. The Bertz CT molecular complexity index is 624. The lowest BCUT2D eigenvalue weighted by Gasteiger charge is -2.14. The Morgan fingerprint density at radius 1 is 1.00 bits per heavy atom. The van der Waals surface area contributed by atoms with E-state index in [0.717, 1.165) is 12.1 Å². The molecule has 0 aromatic heterocycles. The first-order valence-corrected chi connectivity index (χ1v) is 6.82. The lowest BCUT2D eigenvalue weighted by atomic mass is 10.0. The van der Waals surface area contributed by atoms with Gasteiger partial charge in [0.2, 0.25) is 0 Å². The number of rotatable bonds is 3. The maximum absolute atomic E-state index is 12.5. The molecule has 2 aromatic rings. The third kappa shape index (κ3) is 4.13. The van der Waals surface area contributed by atoms with Gasteiger partial charge >= 0.3 is 6.18 Å². The van der Waals surface area contributed by atoms with Crippen molar-refractivity contribution >= 4 is 23.2 Å². The first-order valence-electron chi connectivity index (χ1n) is 6.06. The highest BCUT2D eigenvalue weighted by Gasteiger charge is 2.30. The van der Waals surface area contributed by atoms with Crippen LogP contribution in [0.1, 0.15) is 22.8 Å². The van der Waals surface area contributed by atoms with E-state index in [1.165, 1.54) is 12.1 Å². The van der Waals surface area contributed by atoms with E-state index in [1.807, 2.05) is 0 Å². The average molecular weight is 335 g/mol. The van der Waals surface area contributed by atoms with Crippen molar-refractivity contribution in [2.45, 2.75) is 18.7 Å². The molecule has 6 heteroatoms. The minimum absolute atomic E-state index is 0.171. The Balaban J connectivity index is 2.17. The Morgan fingerprint density at radius 3 is 2.19 bits per heavy atom. The van der Waals surface area contributed by atoms with Gasteiger partial charge in [-0.15, -0.1) is 0 Å². The van der Waals surface area contributed by atoms with E-state index in [4.69, 9.17) is 23.2 Å². The lowest BCUT2D eigenvalue weighted by Crippen LogP contribution is -2.06. The quantitative estimate of drug-likeness (QED) is 0.808. The number of hydrogen-bond donors (Lipinski definition) is 1. The minimum atomic E-state index is -4.39. The topological polar surface area (TPSA) is 20.2 Å². The van der Waals surface area contributed by atoms with Gasteiger partial charge in [-0.2, -0.15) is 13.2 Å². The molecule has 0 bridgehead atoms. The first-order chi connectivity index (χ1) is 9.77. The molecule has 0 aliphatic rings. The second kappa shape index (κ2) is 6.26. The summed E-state index contributed by atoms with van der Waals surface area (Å²) in [7, 11) is 0. The van der Waals surface area contributed by atoms with Crippen LogP contribution in [-0.4, -0.2) is 5.11 Å². The average Bonchev–Trinajstić information content (AvgIpc) is 2.42. The van der Waals surface area contributed by atoms with Crippen LogP contribution in [0.2, 0.25) is 10.0 Å². The van der Waals surface area contributed by atoms with Crippen molar-refractivity contribution in [3.63, 3.8) is 0 Å². The van der Waals surface area contributed by atoms with E-state index in [-0.39, 0.29) is 6.42 Å². The molecular weight excluding hydrogens is 324 g/mol. The summed E-state index contributed by atoms with van der Waals surface area (Å²) in [5.41, 5.74) is 0.273. The van der Waals surface area contributed by atoms with Crippen LogP contribution in [0, 0.1) is 0 Å². The predicted octanol–water partition coefficient (Wildman–Crippen LogP) is 5.29. The monoisotopic (exact) mass is 334 g/mol. The third-order valence-corrected chi connectivity index (χ3v) is 3.65. The molecular formula is C15H11Cl2F3O. The zero-order chi connectivity index (χ0) is 15.6. The lowest BCUT2D eigenvalue weighted by molar-refractivity contribution is -0.137. The fraction of sp³-hybridized carbons (Fsp3) is 0.200. The van der Waals surface area contributed by atoms with E-state index < -0.39 is 17.8 Å². The van der Waals surface area contributed by atoms with Gasteiger partial charge in [-0.3, -0.25) is 0 Å². The highest BCUT2D eigenvalue weighted by molar-refractivity contribution is 6.33. The van der Waals surface area contributed by atoms with Crippen molar-refractivity contribution in [1.29, 1.82) is 0 Å². The van der Waals surface area contributed by atoms with Crippen molar-refractivity contribution in [3.05, 3.63) is 69.2 Å². The molecule has 1 unspecified atom stereocenters. The molecule has 0 amide bonds. The summed E-state index contributed by atoms with van der Waals surface area (Å²) >= 11 is 11.8. The Hall–Kier alpha value is -1.23. The maximum atomic E-state index is 12.5. The summed E-state index contributed by atoms with van der Waals surface area (Å²) in [5.74, 6) is 0. The standard InChI is InChI=1S/C15H11Cl2F3O/c16-12-5-6-13(17)10(7-12)8-14(21)9-1-3-11(4-2-9)15(18,19)20/h1-7,14,21H,8H2. The molecule has 0 saturated carbocycles. The fourth-order valence-corrected chi connectivity index (χ4v) is 2.31. The second-order valence-electron chi connectivity index (χ2n) is 4.58. The van der Waals surface area contributed by atoms with E-state index in [2.05, 4.69) is 0 Å². The van der Waals surface area contributed by atoms with Crippen LogP contribution in [0.4, 0.5) is 13.2 Å². The molecule has 0 aliphatic carbocycles. The van der Waals surface area contributed by atoms with Crippen LogP contribution in [0.15, 0.2) is 42.5 Å². The smallest absolute Gasteiger partial charge is 0.388 e. The number of aliphatic hydroxyl groups excluding tert-OH is 1. The molecule has 1 nitrogen and oxygen atoms in total. The van der Waals surface area contributed by atoms with Crippen LogP contribution >= 0.6 is 23.2 Å². The first kappa shape index (κ1) is 16.1. The van der Waals surface area contributed by atoms with Gasteiger partial charge in [0.25, 0.3) is 0 Å². The molecule has 1 N–H and O–H groups in total. The van der Waals surface area contributed by atoms with E-state index in [0.29, 0.717) is 21.2 Å². The molecule has 0 heterocycles. The third-order valence-electron chi connectivity index (χ3n) is 3.04. The van der Waals surface area contributed by atoms with Gasteiger partial charge in [0, 0.05) is 16.5 Å². The van der Waals surface area contributed by atoms with Crippen LogP contribution in [0.5, 0.6) is 0 Å². The van der Waals surface area contributed by atoms with Crippen LogP contribution in [0.3, 0.4) is 0 Å². The van der Waals surface area contributed by atoms with Gasteiger partial charge in [0.15, 0.2) is 0 Å². The molecule has 21 heavy (non-hydrogen) atoms. The van der Waals surface area contributed by atoms with Crippen molar-refractivity contribution in [2.75, 3.05) is 0 Å². The van der Waals surface area contributed by atoms with Gasteiger partial charge in [-0.25, -0.2) is 0 Å². The van der Waals surface area contributed by atoms with Crippen molar-refractivity contribution in [1.82, 2.24) is 0 Å². The molecule has 0 radical (unpaired) electrons. The zero-order valence-electron chi connectivity index (χ0n) is 10.7. The molecule has 0 saturated heterocycles. The number of hydrogen-bond acceptors (Lipinski definition) is 1. The largest absolute Gasteiger partial charge is 0.416 e. The van der Waals surface area contributed by atoms with Crippen molar-refractivity contribution < 1.29 is 18.3 Å². The predicted molar refractivity (Wildman–Crippen MR) is 76.6 cm³/mol. The molecule has 112 valence electrons. The summed E-state index contributed by atoms with van der Waals surface area (Å²) in [4.78, 5) is 0. The zero-order valence-corrected chi connectivity index (χ0v) is 12.2. The summed E-state index contributed by atoms with van der Waals surface area (Å²) < 4.78 is 37.4. The van der Waals surface area contributed by atoms with Crippen molar-refractivity contribution in [3.8, 4) is 0 Å². The van der Waals surface area contributed by atoms with Gasteiger partial charge in [0.05, 0.1) is 11.7 Å². The van der Waals surface area contributed by atoms with Crippen LogP contribution < -0.4 is 0 Å². The molecule has 0 aliphatic heterocycles. The Labute approximate surface area is 129 Å². The fourth-order valence-electron chi connectivity index (χ4n) is 1.92. The SMILES string of the molecule is OC(Cc1cc(Cl)ccc1Cl)c1ccc(C(F)(F)F)cc1. The molecule has 2 aromatic carbocycles. The van der Waals surface area contributed by atoms with Gasteiger partial charge in [0.1, 0.15) is 0 Å². The van der Waals surface area contributed by atoms with Crippen LogP contribution in [-0.2, 0) is 12.6 Å². The van der Waals surface area contributed by atoms with E-state index >= 15 is 0 Å².